The summed E-state index contributed by atoms with van der Waals surface area (Å²) in [5, 5.41) is 8.32. The second-order valence-electron chi connectivity index (χ2n) is 7.65. The molecule has 0 saturated heterocycles. The lowest BCUT2D eigenvalue weighted by molar-refractivity contribution is 0.0528. The number of benzene rings is 1. The molecule has 0 amide bonds. The topological polar surface area (TPSA) is 63.2 Å². The molecule has 1 aliphatic carbocycles. The van der Waals surface area contributed by atoms with E-state index in [-0.39, 0.29) is 5.97 Å². The molecular weight excluding hydrogens is 446 g/mol. The van der Waals surface area contributed by atoms with Crippen LogP contribution in [0.4, 0.5) is 10.1 Å². The molecule has 0 spiro atoms. The quantitative estimate of drug-likeness (QED) is 0.344. The Morgan fingerprint density at radius 3 is 2.84 bits per heavy atom. The molecule has 0 bridgehead atoms. The summed E-state index contributed by atoms with van der Waals surface area (Å²) in [6, 6.07) is 12.1. The number of carbonyl (C=O) groups is 1. The van der Waals surface area contributed by atoms with E-state index < -0.39 is 0 Å². The van der Waals surface area contributed by atoms with Crippen molar-refractivity contribution >= 4 is 56.1 Å². The SMILES string of the molecule is CCOC(=O)c1cc(Cc2ccccc2)sc1NC(=S)Nc1nc2c(s1)CC(C)CC2. The number of thiazole rings is 1. The van der Waals surface area contributed by atoms with E-state index in [2.05, 4.69) is 29.7 Å². The van der Waals surface area contributed by atoms with Crippen LogP contribution in [0.25, 0.3) is 0 Å². The average Bonchev–Trinajstić information content (AvgIpc) is 3.31. The number of anilines is 2. The second kappa shape index (κ2) is 9.89. The monoisotopic (exact) mass is 471 g/mol. The molecule has 1 atom stereocenters. The van der Waals surface area contributed by atoms with Gasteiger partial charge in [0.15, 0.2) is 10.2 Å². The van der Waals surface area contributed by atoms with Crippen LogP contribution < -0.4 is 10.6 Å². The highest BCUT2D eigenvalue weighted by Gasteiger charge is 2.21. The summed E-state index contributed by atoms with van der Waals surface area (Å²) in [4.78, 5) is 19.6. The molecule has 1 aromatic carbocycles. The van der Waals surface area contributed by atoms with E-state index in [0.29, 0.717) is 28.2 Å². The Balaban J connectivity index is 1.49. The van der Waals surface area contributed by atoms with Gasteiger partial charge in [-0.05, 0) is 56.0 Å². The molecular formula is C23H25N3O2S3. The van der Waals surface area contributed by atoms with Crippen molar-refractivity contribution in [3.63, 3.8) is 0 Å². The summed E-state index contributed by atoms with van der Waals surface area (Å²) in [5.41, 5.74) is 2.88. The second-order valence-corrected chi connectivity index (χ2v) is 10.3. The number of hydrogen-bond donors (Lipinski definition) is 2. The summed E-state index contributed by atoms with van der Waals surface area (Å²) < 4.78 is 5.25. The first kappa shape index (κ1) is 21.9. The largest absolute Gasteiger partial charge is 0.462 e. The summed E-state index contributed by atoms with van der Waals surface area (Å²) in [7, 11) is 0. The van der Waals surface area contributed by atoms with Gasteiger partial charge in [0.1, 0.15) is 5.00 Å². The zero-order valence-corrected chi connectivity index (χ0v) is 20.0. The van der Waals surface area contributed by atoms with Crippen LogP contribution in [-0.2, 0) is 24.0 Å². The van der Waals surface area contributed by atoms with Gasteiger partial charge in [-0.1, -0.05) is 37.3 Å². The molecule has 8 heteroatoms. The van der Waals surface area contributed by atoms with Crippen molar-refractivity contribution in [1.29, 1.82) is 0 Å². The lowest BCUT2D eigenvalue weighted by Gasteiger charge is -2.15. The van der Waals surface area contributed by atoms with Gasteiger partial charge >= 0.3 is 5.97 Å². The number of aromatic nitrogens is 1. The summed E-state index contributed by atoms with van der Waals surface area (Å²) in [6.45, 7) is 4.41. The van der Waals surface area contributed by atoms with E-state index in [1.165, 1.54) is 33.9 Å². The zero-order chi connectivity index (χ0) is 21.8. The van der Waals surface area contributed by atoms with Gasteiger partial charge in [-0.2, -0.15) is 0 Å². The predicted molar refractivity (Wildman–Crippen MR) is 133 cm³/mol. The third kappa shape index (κ3) is 5.50. The van der Waals surface area contributed by atoms with Crippen molar-refractivity contribution in [3.05, 3.63) is 63.0 Å². The molecule has 0 fully saturated rings. The minimum Gasteiger partial charge on any atom is -0.462 e. The molecule has 2 aromatic heterocycles. The number of carbonyl (C=O) groups excluding carboxylic acids is 1. The zero-order valence-electron chi connectivity index (χ0n) is 17.6. The van der Waals surface area contributed by atoms with E-state index in [0.717, 1.165) is 29.3 Å². The fourth-order valence-corrected chi connectivity index (χ4v) is 6.19. The Bertz CT molecular complexity index is 1080. The van der Waals surface area contributed by atoms with Gasteiger partial charge in [0.25, 0.3) is 0 Å². The highest BCUT2D eigenvalue weighted by molar-refractivity contribution is 7.80. The van der Waals surface area contributed by atoms with Crippen molar-refractivity contribution in [2.24, 2.45) is 5.92 Å². The molecule has 162 valence electrons. The Morgan fingerprint density at radius 2 is 2.06 bits per heavy atom. The molecule has 5 nitrogen and oxygen atoms in total. The molecule has 0 radical (unpaired) electrons. The molecule has 0 saturated carbocycles. The minimum atomic E-state index is -0.345. The maximum absolute atomic E-state index is 12.5. The van der Waals surface area contributed by atoms with Gasteiger partial charge in [-0.25, -0.2) is 9.78 Å². The van der Waals surface area contributed by atoms with E-state index in [9.17, 15) is 4.79 Å². The lowest BCUT2D eigenvalue weighted by Crippen LogP contribution is -2.20. The standard InChI is InChI=1S/C23H25N3O2S3/c1-3-28-21(27)17-13-16(12-15-7-5-4-6-8-15)30-20(17)25-22(29)26-23-24-18-10-9-14(2)11-19(18)31-23/h4-8,13-14H,3,9-12H2,1-2H3,(H2,24,25,26,29). The van der Waals surface area contributed by atoms with Gasteiger partial charge in [0, 0.05) is 16.2 Å². The summed E-state index contributed by atoms with van der Waals surface area (Å²) in [6.07, 6.45) is 4.03. The van der Waals surface area contributed by atoms with Crippen LogP contribution in [0.3, 0.4) is 0 Å². The van der Waals surface area contributed by atoms with Crippen LogP contribution in [0.2, 0.25) is 0 Å². The van der Waals surface area contributed by atoms with Crippen LogP contribution in [0.1, 0.15) is 51.6 Å². The fourth-order valence-electron chi connectivity index (χ4n) is 3.60. The first-order chi connectivity index (χ1) is 15.0. The van der Waals surface area contributed by atoms with Gasteiger partial charge < -0.3 is 15.4 Å². The van der Waals surface area contributed by atoms with Crippen LogP contribution in [0.5, 0.6) is 0 Å². The Hall–Kier alpha value is -2.29. The number of hydrogen-bond acceptors (Lipinski definition) is 6. The van der Waals surface area contributed by atoms with Crippen molar-refractivity contribution in [1.82, 2.24) is 4.98 Å². The number of esters is 1. The number of thiocarbonyl (C=S) groups is 1. The highest BCUT2D eigenvalue weighted by Crippen LogP contribution is 2.33. The maximum atomic E-state index is 12.5. The van der Waals surface area contributed by atoms with Gasteiger partial charge in [0.2, 0.25) is 0 Å². The Morgan fingerprint density at radius 1 is 1.26 bits per heavy atom. The number of ether oxygens (including phenoxy) is 1. The molecule has 2 N–H and O–H groups in total. The van der Waals surface area contributed by atoms with Gasteiger partial charge in [-0.15, -0.1) is 22.7 Å². The molecule has 3 aromatic rings. The molecule has 31 heavy (non-hydrogen) atoms. The number of nitrogens with one attached hydrogen (secondary N) is 2. The van der Waals surface area contributed by atoms with Crippen LogP contribution in [0.15, 0.2) is 36.4 Å². The van der Waals surface area contributed by atoms with E-state index in [1.807, 2.05) is 24.3 Å². The van der Waals surface area contributed by atoms with Crippen molar-refractivity contribution in [2.45, 2.75) is 39.5 Å². The van der Waals surface area contributed by atoms with Gasteiger partial charge in [0.05, 0.1) is 17.9 Å². The number of thiophene rings is 1. The smallest absolute Gasteiger partial charge is 0.341 e. The van der Waals surface area contributed by atoms with Crippen molar-refractivity contribution in [2.75, 3.05) is 17.2 Å². The van der Waals surface area contributed by atoms with E-state index in [4.69, 9.17) is 21.9 Å². The minimum absolute atomic E-state index is 0.327. The third-order valence-corrected chi connectivity index (χ3v) is 7.42. The normalized spacial score (nSPS) is 15.2. The summed E-state index contributed by atoms with van der Waals surface area (Å²) >= 11 is 8.71. The average molecular weight is 472 g/mol. The number of aryl methyl sites for hydroxylation is 1. The molecule has 2 heterocycles. The first-order valence-electron chi connectivity index (χ1n) is 10.4. The number of rotatable bonds is 6. The third-order valence-electron chi connectivity index (χ3n) is 5.13. The Labute approximate surface area is 195 Å². The molecule has 4 rings (SSSR count). The summed E-state index contributed by atoms with van der Waals surface area (Å²) in [5.74, 6) is 0.356. The van der Waals surface area contributed by atoms with Crippen molar-refractivity contribution in [3.8, 4) is 0 Å². The first-order valence-corrected chi connectivity index (χ1v) is 12.5. The van der Waals surface area contributed by atoms with Crippen LogP contribution in [-0.4, -0.2) is 22.7 Å². The predicted octanol–water partition coefficient (Wildman–Crippen LogP) is 5.91. The van der Waals surface area contributed by atoms with E-state index in [1.54, 1.807) is 18.3 Å². The highest BCUT2D eigenvalue weighted by atomic mass is 32.1. The lowest BCUT2D eigenvalue weighted by atomic mass is 9.93. The van der Waals surface area contributed by atoms with Crippen molar-refractivity contribution < 1.29 is 9.53 Å². The van der Waals surface area contributed by atoms with Crippen LogP contribution in [0, 0.1) is 5.92 Å². The maximum Gasteiger partial charge on any atom is 0.341 e. The number of nitrogens with zero attached hydrogens (tertiary/aromatic N) is 1. The van der Waals surface area contributed by atoms with Gasteiger partial charge in [-0.3, -0.25) is 0 Å². The fraction of sp³-hybridized carbons (Fsp3) is 0.348. The molecule has 1 aliphatic rings. The number of fused-ring (bicyclic) bond motifs is 1. The Kier molecular flexibility index (Phi) is 6.99. The molecule has 1 unspecified atom stereocenters. The molecule has 0 aliphatic heterocycles. The van der Waals surface area contributed by atoms with Crippen LogP contribution >= 0.6 is 34.9 Å². The van der Waals surface area contributed by atoms with E-state index >= 15 is 0 Å².